The van der Waals surface area contributed by atoms with Crippen molar-refractivity contribution in [3.8, 4) is 0 Å². The number of hydrogen-bond donors (Lipinski definition) is 4. The summed E-state index contributed by atoms with van der Waals surface area (Å²) in [5.74, 6) is -2.06. The first-order valence-electron chi connectivity index (χ1n) is 7.43. The predicted octanol–water partition coefficient (Wildman–Crippen LogP) is 0.121. The Morgan fingerprint density at radius 2 is 1.71 bits per heavy atom. The van der Waals surface area contributed by atoms with Crippen LogP contribution in [0.3, 0.4) is 0 Å². The highest BCUT2D eigenvalue weighted by molar-refractivity contribution is 5.88. The summed E-state index contributed by atoms with van der Waals surface area (Å²) in [6.07, 6.45) is 5.25. The Hall–Kier alpha value is -1.63. The summed E-state index contributed by atoms with van der Waals surface area (Å²) in [4.78, 5) is 34.5. The minimum absolute atomic E-state index is 0.00292. The van der Waals surface area contributed by atoms with Crippen LogP contribution in [0.25, 0.3) is 0 Å². The van der Waals surface area contributed by atoms with Gasteiger partial charge < -0.3 is 21.9 Å². The maximum atomic E-state index is 12.5. The first-order chi connectivity index (χ1) is 9.91. The van der Waals surface area contributed by atoms with Crippen LogP contribution in [-0.4, -0.2) is 35.5 Å². The second-order valence-corrected chi connectivity index (χ2v) is 5.77. The molecule has 21 heavy (non-hydrogen) atoms. The van der Waals surface area contributed by atoms with Crippen LogP contribution in [0, 0.1) is 5.41 Å². The molecular weight excluding hydrogens is 274 g/mol. The molecule has 1 aliphatic carbocycles. The van der Waals surface area contributed by atoms with E-state index in [0.29, 0.717) is 12.8 Å². The van der Waals surface area contributed by atoms with Gasteiger partial charge in [0.25, 0.3) is 0 Å². The van der Waals surface area contributed by atoms with Crippen LogP contribution >= 0.6 is 0 Å². The molecule has 1 aliphatic rings. The molecular formula is C14H25N3O4. The lowest BCUT2D eigenvalue weighted by Crippen LogP contribution is -2.51. The number of rotatable bonds is 7. The van der Waals surface area contributed by atoms with E-state index in [4.69, 9.17) is 16.6 Å². The van der Waals surface area contributed by atoms with Crippen LogP contribution < -0.4 is 16.8 Å². The molecule has 0 heterocycles. The number of carboxylic acids is 1. The minimum atomic E-state index is -1.16. The highest BCUT2D eigenvalue weighted by Crippen LogP contribution is 2.34. The second kappa shape index (κ2) is 7.97. The molecule has 0 aliphatic heterocycles. The molecule has 0 aromatic heterocycles. The van der Waals surface area contributed by atoms with Gasteiger partial charge in [-0.15, -0.1) is 0 Å². The zero-order valence-electron chi connectivity index (χ0n) is 12.3. The molecule has 120 valence electrons. The standard InChI is InChI=1S/C14H25N3O4/c15-9-14(7-3-1-2-4-8-14)13(21)17-10(12(19)20)5-6-11(16)18/h10H,1-9,15H2,(H2,16,18)(H,17,21)(H,19,20)/t10-/m0/s1. The van der Waals surface area contributed by atoms with Crippen LogP contribution in [0.5, 0.6) is 0 Å². The van der Waals surface area contributed by atoms with Gasteiger partial charge in [0, 0.05) is 13.0 Å². The van der Waals surface area contributed by atoms with Crippen LogP contribution in [0.1, 0.15) is 51.4 Å². The van der Waals surface area contributed by atoms with Crippen LogP contribution in [0.2, 0.25) is 0 Å². The van der Waals surface area contributed by atoms with Crippen molar-refractivity contribution in [3.05, 3.63) is 0 Å². The molecule has 0 aromatic carbocycles. The average Bonchev–Trinajstić information content (AvgIpc) is 2.68. The fourth-order valence-corrected chi connectivity index (χ4v) is 2.78. The lowest BCUT2D eigenvalue weighted by Gasteiger charge is -2.31. The Labute approximate surface area is 124 Å². The molecule has 6 N–H and O–H groups in total. The van der Waals surface area contributed by atoms with E-state index in [1.807, 2.05) is 0 Å². The van der Waals surface area contributed by atoms with E-state index in [1.165, 1.54) is 0 Å². The van der Waals surface area contributed by atoms with Crippen molar-refractivity contribution in [1.29, 1.82) is 0 Å². The summed E-state index contributed by atoms with van der Waals surface area (Å²) in [6, 6.07) is -1.10. The van der Waals surface area contributed by atoms with Gasteiger partial charge in [0.1, 0.15) is 6.04 Å². The Kier molecular flexibility index (Phi) is 6.61. The monoisotopic (exact) mass is 299 g/mol. The Balaban J connectivity index is 2.73. The lowest BCUT2D eigenvalue weighted by molar-refractivity contribution is -0.144. The average molecular weight is 299 g/mol. The second-order valence-electron chi connectivity index (χ2n) is 5.77. The van der Waals surface area contributed by atoms with Gasteiger partial charge in [-0.05, 0) is 19.3 Å². The van der Waals surface area contributed by atoms with Crippen LogP contribution in [0.15, 0.2) is 0 Å². The number of carbonyl (C=O) groups excluding carboxylic acids is 2. The number of nitrogens with two attached hydrogens (primary N) is 2. The van der Waals surface area contributed by atoms with Crippen LogP contribution in [0.4, 0.5) is 0 Å². The molecule has 0 spiro atoms. The van der Waals surface area contributed by atoms with Gasteiger partial charge in [-0.25, -0.2) is 4.79 Å². The smallest absolute Gasteiger partial charge is 0.326 e. The van der Waals surface area contributed by atoms with Crippen molar-refractivity contribution in [2.45, 2.75) is 57.4 Å². The quantitative estimate of drug-likeness (QED) is 0.495. The maximum Gasteiger partial charge on any atom is 0.326 e. The number of carbonyl (C=O) groups is 3. The van der Waals surface area contributed by atoms with Gasteiger partial charge in [-0.2, -0.15) is 0 Å². The first kappa shape index (κ1) is 17.4. The largest absolute Gasteiger partial charge is 0.480 e. The van der Waals surface area contributed by atoms with Gasteiger partial charge in [-0.3, -0.25) is 9.59 Å². The minimum Gasteiger partial charge on any atom is -0.480 e. The van der Waals surface area contributed by atoms with Gasteiger partial charge in [0.05, 0.1) is 5.41 Å². The van der Waals surface area contributed by atoms with Crippen molar-refractivity contribution in [1.82, 2.24) is 5.32 Å². The summed E-state index contributed by atoms with van der Waals surface area (Å²) >= 11 is 0. The van der Waals surface area contributed by atoms with Gasteiger partial charge >= 0.3 is 5.97 Å². The van der Waals surface area contributed by atoms with E-state index in [2.05, 4.69) is 5.32 Å². The molecule has 0 aromatic rings. The van der Waals surface area contributed by atoms with Crippen molar-refractivity contribution in [2.75, 3.05) is 6.54 Å². The van der Waals surface area contributed by atoms with E-state index in [9.17, 15) is 14.4 Å². The third-order valence-electron chi connectivity index (χ3n) is 4.22. The Bertz CT molecular complexity index is 390. The van der Waals surface area contributed by atoms with Crippen molar-refractivity contribution < 1.29 is 19.5 Å². The van der Waals surface area contributed by atoms with E-state index in [-0.39, 0.29) is 25.3 Å². The van der Waals surface area contributed by atoms with Gasteiger partial charge in [0.15, 0.2) is 0 Å². The lowest BCUT2D eigenvalue weighted by atomic mass is 9.79. The number of amides is 2. The molecule has 0 unspecified atom stereocenters. The fraction of sp³-hybridized carbons (Fsp3) is 0.786. The molecule has 7 nitrogen and oxygen atoms in total. The summed E-state index contributed by atoms with van der Waals surface area (Å²) in [6.45, 7) is 0.209. The maximum absolute atomic E-state index is 12.5. The molecule has 1 saturated carbocycles. The fourth-order valence-electron chi connectivity index (χ4n) is 2.78. The molecule has 1 rings (SSSR count). The van der Waals surface area contributed by atoms with Crippen LogP contribution in [-0.2, 0) is 14.4 Å². The third kappa shape index (κ3) is 5.00. The van der Waals surface area contributed by atoms with E-state index in [1.54, 1.807) is 0 Å². The zero-order valence-corrected chi connectivity index (χ0v) is 12.3. The molecule has 0 bridgehead atoms. The molecule has 0 radical (unpaired) electrons. The Morgan fingerprint density at radius 3 is 2.14 bits per heavy atom. The molecule has 1 fully saturated rings. The summed E-state index contributed by atoms with van der Waals surface area (Å²) in [5, 5.41) is 11.7. The van der Waals surface area contributed by atoms with Crippen molar-refractivity contribution >= 4 is 17.8 Å². The summed E-state index contributed by atoms with van der Waals surface area (Å²) in [5.41, 5.74) is 10.1. The van der Waals surface area contributed by atoms with E-state index < -0.39 is 23.3 Å². The Morgan fingerprint density at radius 1 is 1.14 bits per heavy atom. The highest BCUT2D eigenvalue weighted by atomic mass is 16.4. The summed E-state index contributed by atoms with van der Waals surface area (Å²) < 4.78 is 0. The third-order valence-corrected chi connectivity index (χ3v) is 4.22. The topological polar surface area (TPSA) is 136 Å². The number of carboxylic acid groups (broad SMARTS) is 1. The molecule has 7 heteroatoms. The van der Waals surface area contributed by atoms with Crippen molar-refractivity contribution in [2.24, 2.45) is 16.9 Å². The normalized spacial score (nSPS) is 19.3. The van der Waals surface area contributed by atoms with Gasteiger partial charge in [-0.1, -0.05) is 25.7 Å². The zero-order chi connectivity index (χ0) is 15.9. The number of aliphatic carboxylic acids is 1. The van der Waals surface area contributed by atoms with E-state index in [0.717, 1.165) is 25.7 Å². The molecule has 0 saturated heterocycles. The number of primary amides is 1. The highest BCUT2D eigenvalue weighted by Gasteiger charge is 2.38. The van der Waals surface area contributed by atoms with Crippen molar-refractivity contribution in [3.63, 3.8) is 0 Å². The number of hydrogen-bond acceptors (Lipinski definition) is 4. The van der Waals surface area contributed by atoms with E-state index >= 15 is 0 Å². The number of nitrogens with one attached hydrogen (secondary N) is 1. The SMILES string of the molecule is NCC1(C(=O)N[C@@H](CCC(N)=O)C(=O)O)CCCCCC1. The van der Waals surface area contributed by atoms with Gasteiger partial charge in [0.2, 0.25) is 11.8 Å². The first-order valence-corrected chi connectivity index (χ1v) is 7.43. The summed E-state index contributed by atoms with van der Waals surface area (Å²) in [7, 11) is 0. The molecule has 2 amide bonds. The molecule has 1 atom stereocenters. The predicted molar refractivity (Wildman–Crippen MR) is 77.2 cm³/mol.